The first-order chi connectivity index (χ1) is 6.41. The highest BCUT2D eigenvalue weighted by atomic mass is 79.9. The molecule has 0 radical (unpaired) electrons. The highest BCUT2D eigenvalue weighted by Gasteiger charge is 2.07. The van der Waals surface area contributed by atoms with Gasteiger partial charge in [0.25, 0.3) is 10.1 Å². The first-order valence-corrected chi connectivity index (χ1v) is 5.99. The summed E-state index contributed by atoms with van der Waals surface area (Å²) in [4.78, 5) is -0.0966. The largest absolute Gasteiger partial charge is 0.397 e. The molecular weight excluding hydrogens is 272 g/mol. The van der Waals surface area contributed by atoms with Gasteiger partial charge in [0.2, 0.25) is 0 Å². The van der Waals surface area contributed by atoms with Gasteiger partial charge in [-0.05, 0) is 31.2 Å². The number of benzene rings is 1. The van der Waals surface area contributed by atoms with Gasteiger partial charge in [-0.2, -0.15) is 8.42 Å². The van der Waals surface area contributed by atoms with E-state index in [4.69, 9.17) is 9.66 Å². The van der Waals surface area contributed by atoms with Gasteiger partial charge in [-0.15, -0.1) is 0 Å². The Morgan fingerprint density at radius 1 is 1.29 bits per heavy atom. The number of aliphatic hydroxyl groups excluding tert-OH is 1. The molecule has 0 atom stereocenters. The van der Waals surface area contributed by atoms with Gasteiger partial charge in [0.15, 0.2) is 0 Å². The fraction of sp³-hybridized carbons (Fsp3) is 0.250. The fourth-order valence-corrected chi connectivity index (χ4v) is 1.35. The van der Waals surface area contributed by atoms with Gasteiger partial charge in [-0.25, -0.2) is 0 Å². The molecule has 14 heavy (non-hydrogen) atoms. The first-order valence-electron chi connectivity index (χ1n) is 3.75. The molecule has 0 amide bonds. The van der Waals surface area contributed by atoms with Gasteiger partial charge in [-0.1, -0.05) is 15.9 Å². The van der Waals surface area contributed by atoms with Crippen molar-refractivity contribution >= 4 is 26.0 Å². The third kappa shape index (κ3) is 5.33. The van der Waals surface area contributed by atoms with E-state index in [1.165, 1.54) is 12.1 Å². The van der Waals surface area contributed by atoms with Crippen molar-refractivity contribution in [1.82, 2.24) is 0 Å². The number of aliphatic hydroxyl groups is 1. The lowest BCUT2D eigenvalue weighted by Gasteiger charge is -1.94. The van der Waals surface area contributed by atoms with Crippen molar-refractivity contribution in [1.29, 1.82) is 0 Å². The Bertz CT molecular complexity index is 357. The molecular formula is C8H11BrO4S. The van der Waals surface area contributed by atoms with Crippen molar-refractivity contribution in [3.63, 3.8) is 0 Å². The maximum Gasteiger partial charge on any atom is 0.294 e. The highest BCUT2D eigenvalue weighted by molar-refractivity contribution is 9.10. The summed E-state index contributed by atoms with van der Waals surface area (Å²) in [6.45, 7) is 1.93. The Balaban J connectivity index is 0.000000500. The standard InChI is InChI=1S/C6H5BrO3S.C2H6O/c7-5-1-3-6(4-2-5)11(8,9)10;1-2-3/h1-4H,(H,8,9,10);3H,2H2,1H3. The molecule has 6 heteroatoms. The van der Waals surface area contributed by atoms with Crippen LogP contribution >= 0.6 is 15.9 Å². The molecule has 0 saturated carbocycles. The molecule has 0 saturated heterocycles. The zero-order valence-corrected chi connectivity index (χ0v) is 9.92. The van der Waals surface area contributed by atoms with E-state index < -0.39 is 10.1 Å². The second kappa shape index (κ2) is 6.13. The van der Waals surface area contributed by atoms with E-state index >= 15 is 0 Å². The number of halogens is 1. The molecule has 1 rings (SSSR count). The number of rotatable bonds is 1. The molecule has 4 nitrogen and oxygen atoms in total. The van der Waals surface area contributed by atoms with Crippen LogP contribution in [-0.2, 0) is 10.1 Å². The van der Waals surface area contributed by atoms with E-state index in [0.717, 1.165) is 4.47 Å². The zero-order valence-electron chi connectivity index (χ0n) is 7.51. The molecule has 0 aliphatic rings. The molecule has 0 bridgehead atoms. The molecule has 2 N–H and O–H groups in total. The molecule has 0 fully saturated rings. The predicted molar refractivity (Wildman–Crippen MR) is 56.7 cm³/mol. The summed E-state index contributed by atoms with van der Waals surface area (Å²) >= 11 is 3.14. The summed E-state index contributed by atoms with van der Waals surface area (Å²) in [6, 6.07) is 5.73. The average Bonchev–Trinajstić information content (AvgIpc) is 2.04. The lowest BCUT2D eigenvalue weighted by Crippen LogP contribution is -1.96. The molecule has 1 aromatic rings. The average molecular weight is 283 g/mol. The number of hydrogen-bond acceptors (Lipinski definition) is 3. The predicted octanol–water partition coefficient (Wildman–Crippen LogP) is 1.69. The Labute approximate surface area is 91.5 Å². The van der Waals surface area contributed by atoms with Gasteiger partial charge in [0.1, 0.15) is 0 Å². The molecule has 80 valence electrons. The Hall–Kier alpha value is -0.430. The first kappa shape index (κ1) is 13.6. The summed E-state index contributed by atoms with van der Waals surface area (Å²) in [5, 5.41) is 7.57. The minimum atomic E-state index is -4.04. The summed E-state index contributed by atoms with van der Waals surface area (Å²) in [6.07, 6.45) is 0. The summed E-state index contributed by atoms with van der Waals surface area (Å²) < 4.78 is 30.3. The summed E-state index contributed by atoms with van der Waals surface area (Å²) in [7, 11) is -4.04. The van der Waals surface area contributed by atoms with Crippen LogP contribution in [0.15, 0.2) is 33.6 Å². The smallest absolute Gasteiger partial charge is 0.294 e. The van der Waals surface area contributed by atoms with E-state index in [9.17, 15) is 8.42 Å². The lowest BCUT2D eigenvalue weighted by molar-refractivity contribution is 0.318. The van der Waals surface area contributed by atoms with Crippen LogP contribution in [0.5, 0.6) is 0 Å². The minimum absolute atomic E-state index is 0.0966. The normalized spacial score (nSPS) is 10.3. The number of hydrogen-bond donors (Lipinski definition) is 2. The van der Waals surface area contributed by atoms with Crippen LogP contribution in [0.2, 0.25) is 0 Å². The molecule has 0 aliphatic carbocycles. The van der Waals surface area contributed by atoms with Crippen LogP contribution in [-0.4, -0.2) is 24.7 Å². The Kier molecular flexibility index (Phi) is 5.94. The van der Waals surface area contributed by atoms with Gasteiger partial charge in [-0.3, -0.25) is 4.55 Å². The SMILES string of the molecule is CCO.O=S(=O)(O)c1ccc(Br)cc1. The van der Waals surface area contributed by atoms with Crippen molar-refractivity contribution in [2.45, 2.75) is 11.8 Å². The summed E-state index contributed by atoms with van der Waals surface area (Å²) in [5.74, 6) is 0. The maximum absolute atomic E-state index is 10.5. The molecule has 0 unspecified atom stereocenters. The van der Waals surface area contributed by atoms with Crippen molar-refractivity contribution in [3.05, 3.63) is 28.7 Å². The van der Waals surface area contributed by atoms with E-state index in [1.54, 1.807) is 19.1 Å². The summed E-state index contributed by atoms with van der Waals surface area (Å²) in [5.41, 5.74) is 0. The fourth-order valence-electron chi connectivity index (χ4n) is 0.607. The van der Waals surface area contributed by atoms with Crippen molar-refractivity contribution < 1.29 is 18.1 Å². The zero-order chi connectivity index (χ0) is 11.2. The quantitative estimate of drug-likeness (QED) is 0.769. The van der Waals surface area contributed by atoms with Crippen LogP contribution in [0.25, 0.3) is 0 Å². The van der Waals surface area contributed by atoms with Gasteiger partial charge < -0.3 is 5.11 Å². The molecule has 0 spiro atoms. The van der Waals surface area contributed by atoms with Crippen molar-refractivity contribution in [2.24, 2.45) is 0 Å². The lowest BCUT2D eigenvalue weighted by atomic mass is 10.4. The van der Waals surface area contributed by atoms with Crippen LogP contribution < -0.4 is 0 Å². The molecule has 0 aliphatic heterocycles. The van der Waals surface area contributed by atoms with E-state index in [-0.39, 0.29) is 11.5 Å². The maximum atomic E-state index is 10.5. The van der Waals surface area contributed by atoms with Crippen LogP contribution in [0.4, 0.5) is 0 Å². The van der Waals surface area contributed by atoms with Gasteiger partial charge in [0, 0.05) is 11.1 Å². The van der Waals surface area contributed by atoms with Crippen molar-refractivity contribution in [3.8, 4) is 0 Å². The van der Waals surface area contributed by atoms with Gasteiger partial charge >= 0.3 is 0 Å². The molecule has 0 heterocycles. The van der Waals surface area contributed by atoms with Crippen molar-refractivity contribution in [2.75, 3.05) is 6.61 Å². The Morgan fingerprint density at radius 3 is 1.93 bits per heavy atom. The minimum Gasteiger partial charge on any atom is -0.397 e. The monoisotopic (exact) mass is 282 g/mol. The van der Waals surface area contributed by atoms with Crippen LogP contribution in [0, 0.1) is 0 Å². The molecule has 0 aromatic heterocycles. The van der Waals surface area contributed by atoms with Crippen LogP contribution in [0.3, 0.4) is 0 Å². The van der Waals surface area contributed by atoms with Gasteiger partial charge in [0.05, 0.1) is 4.90 Å². The second-order valence-corrected chi connectivity index (χ2v) is 4.58. The van der Waals surface area contributed by atoms with E-state index in [0.29, 0.717) is 0 Å². The molecule has 1 aromatic carbocycles. The van der Waals surface area contributed by atoms with Crippen LogP contribution in [0.1, 0.15) is 6.92 Å². The second-order valence-electron chi connectivity index (χ2n) is 2.25. The van der Waals surface area contributed by atoms with E-state index in [2.05, 4.69) is 15.9 Å². The third-order valence-corrected chi connectivity index (χ3v) is 2.51. The highest BCUT2D eigenvalue weighted by Crippen LogP contribution is 2.13. The third-order valence-electron chi connectivity index (χ3n) is 1.11. The van der Waals surface area contributed by atoms with E-state index in [1.807, 2.05) is 0 Å². The Morgan fingerprint density at radius 2 is 1.64 bits per heavy atom. The topological polar surface area (TPSA) is 74.6 Å².